The Morgan fingerprint density at radius 2 is 1.89 bits per heavy atom. The molecule has 5 nitrogen and oxygen atoms in total. The van der Waals surface area contributed by atoms with Crippen molar-refractivity contribution < 1.29 is 23.4 Å². The van der Waals surface area contributed by atoms with E-state index in [-0.39, 0.29) is 16.8 Å². The third kappa shape index (κ3) is 3.22. The van der Waals surface area contributed by atoms with E-state index >= 15 is 0 Å². The molecule has 1 N–H and O–H groups in total. The third-order valence-electron chi connectivity index (χ3n) is 7.23. The number of benzene rings is 3. The predicted octanol–water partition coefficient (Wildman–Crippen LogP) is 5.88. The van der Waals surface area contributed by atoms with Crippen LogP contribution in [0.4, 0.5) is 8.78 Å². The molecule has 3 aromatic carbocycles. The fraction of sp³-hybridized carbons (Fsp3) is 0.214. The van der Waals surface area contributed by atoms with Crippen molar-refractivity contribution in [1.29, 1.82) is 0 Å². The van der Waals surface area contributed by atoms with Crippen molar-refractivity contribution in [3.8, 4) is 16.8 Å². The summed E-state index contributed by atoms with van der Waals surface area (Å²) in [5.41, 5.74) is 5.44. The van der Waals surface area contributed by atoms with Crippen molar-refractivity contribution in [3.63, 3.8) is 0 Å². The van der Waals surface area contributed by atoms with Gasteiger partial charge in [-0.2, -0.15) is 0 Å². The van der Waals surface area contributed by atoms with Crippen LogP contribution in [0.15, 0.2) is 59.6 Å². The second-order valence-electron chi connectivity index (χ2n) is 9.20. The highest BCUT2D eigenvalue weighted by Crippen LogP contribution is 2.48. The van der Waals surface area contributed by atoms with Crippen molar-refractivity contribution in [1.82, 2.24) is 4.57 Å². The summed E-state index contributed by atoms with van der Waals surface area (Å²) in [6.07, 6.45) is 2.63. The molecule has 3 heterocycles. The molecule has 4 aromatic rings. The Hall–Kier alpha value is -3.84. The van der Waals surface area contributed by atoms with Gasteiger partial charge in [-0.3, -0.25) is 4.99 Å². The Balaban J connectivity index is 1.75. The fourth-order valence-corrected chi connectivity index (χ4v) is 5.25. The smallest absolute Gasteiger partial charge is 0.338 e. The summed E-state index contributed by atoms with van der Waals surface area (Å²) in [5, 5.41) is 10.3. The SMILES string of the molecule is CCC1(c2c(-c3ccc(C(=O)O)c(F)c3)c3cc4c(cc3n2-c2ccc(F)cc2)C=NC4)COC1. The van der Waals surface area contributed by atoms with Crippen LogP contribution < -0.4 is 0 Å². The van der Waals surface area contributed by atoms with Crippen LogP contribution in [0.1, 0.15) is 40.5 Å². The van der Waals surface area contributed by atoms with E-state index < -0.39 is 11.8 Å². The van der Waals surface area contributed by atoms with Crippen molar-refractivity contribution in [2.45, 2.75) is 25.3 Å². The molecule has 0 spiro atoms. The predicted molar refractivity (Wildman–Crippen MR) is 130 cm³/mol. The Morgan fingerprint density at radius 1 is 1.11 bits per heavy atom. The number of aromatic carboxylic acids is 1. The quantitative estimate of drug-likeness (QED) is 0.394. The number of aliphatic imine (C=N–C) groups is 1. The lowest BCUT2D eigenvalue weighted by atomic mass is 9.76. The van der Waals surface area contributed by atoms with Gasteiger partial charge < -0.3 is 14.4 Å². The zero-order valence-electron chi connectivity index (χ0n) is 19.0. The summed E-state index contributed by atoms with van der Waals surface area (Å²) >= 11 is 0. The van der Waals surface area contributed by atoms with E-state index in [0.717, 1.165) is 45.4 Å². The fourth-order valence-electron chi connectivity index (χ4n) is 5.25. The minimum absolute atomic E-state index is 0.330. The van der Waals surface area contributed by atoms with Crippen LogP contribution in [0, 0.1) is 11.6 Å². The van der Waals surface area contributed by atoms with Gasteiger partial charge in [0.15, 0.2) is 0 Å². The molecule has 1 fully saturated rings. The van der Waals surface area contributed by atoms with E-state index in [1.165, 1.54) is 24.3 Å². The first-order valence-electron chi connectivity index (χ1n) is 11.5. The van der Waals surface area contributed by atoms with Crippen LogP contribution in [0.2, 0.25) is 0 Å². The molecule has 0 atom stereocenters. The maximum absolute atomic E-state index is 14.9. The third-order valence-corrected chi connectivity index (χ3v) is 7.23. The number of aromatic nitrogens is 1. The van der Waals surface area contributed by atoms with Crippen LogP contribution in [0.5, 0.6) is 0 Å². The molecule has 7 heteroatoms. The number of fused-ring (bicyclic) bond motifs is 2. The average Bonchev–Trinajstić information content (AvgIpc) is 3.39. The van der Waals surface area contributed by atoms with Gasteiger partial charge in [0.05, 0.1) is 36.3 Å². The van der Waals surface area contributed by atoms with Gasteiger partial charge in [0.25, 0.3) is 0 Å². The molecular weight excluding hydrogens is 450 g/mol. The summed E-state index contributed by atoms with van der Waals surface area (Å²) in [5.74, 6) is -2.43. The molecule has 1 aromatic heterocycles. The van der Waals surface area contributed by atoms with Crippen LogP contribution >= 0.6 is 0 Å². The van der Waals surface area contributed by atoms with E-state index in [2.05, 4.69) is 28.6 Å². The monoisotopic (exact) mass is 472 g/mol. The molecule has 35 heavy (non-hydrogen) atoms. The van der Waals surface area contributed by atoms with Crippen LogP contribution in [0.3, 0.4) is 0 Å². The van der Waals surface area contributed by atoms with Crippen molar-refractivity contribution >= 4 is 23.1 Å². The molecule has 0 amide bonds. The number of halogens is 2. The Morgan fingerprint density at radius 3 is 2.51 bits per heavy atom. The van der Waals surface area contributed by atoms with Crippen LogP contribution in [0.25, 0.3) is 27.7 Å². The summed E-state index contributed by atoms with van der Waals surface area (Å²) in [6, 6.07) is 14.7. The average molecular weight is 472 g/mol. The number of nitrogens with zero attached hydrogens (tertiary/aromatic N) is 2. The number of rotatable bonds is 5. The second kappa shape index (κ2) is 7.85. The lowest BCUT2D eigenvalue weighted by Gasteiger charge is -2.42. The molecule has 2 aliphatic heterocycles. The first-order valence-corrected chi connectivity index (χ1v) is 11.5. The van der Waals surface area contributed by atoms with Crippen LogP contribution in [-0.2, 0) is 16.7 Å². The zero-order valence-corrected chi connectivity index (χ0v) is 19.0. The summed E-state index contributed by atoms with van der Waals surface area (Å²) in [4.78, 5) is 15.9. The molecule has 0 aliphatic carbocycles. The maximum atomic E-state index is 14.9. The summed E-state index contributed by atoms with van der Waals surface area (Å²) in [7, 11) is 0. The van der Waals surface area contributed by atoms with Crippen LogP contribution in [-0.4, -0.2) is 35.1 Å². The number of carbonyl (C=O) groups is 1. The van der Waals surface area contributed by atoms with Gasteiger partial charge in [-0.25, -0.2) is 13.6 Å². The first-order chi connectivity index (χ1) is 16.9. The van der Waals surface area contributed by atoms with Crippen molar-refractivity contribution in [2.75, 3.05) is 13.2 Å². The molecule has 0 unspecified atom stereocenters. The Labute approximate surface area is 200 Å². The number of hydrogen-bond donors (Lipinski definition) is 1. The molecular formula is C28H22F2N2O3. The van der Waals surface area contributed by atoms with E-state index in [1.54, 1.807) is 18.2 Å². The highest BCUT2D eigenvalue weighted by Gasteiger charge is 2.44. The minimum Gasteiger partial charge on any atom is -0.478 e. The topological polar surface area (TPSA) is 63.8 Å². The van der Waals surface area contributed by atoms with Gasteiger partial charge in [0, 0.05) is 28.5 Å². The number of carboxylic acid groups (broad SMARTS) is 1. The van der Waals surface area contributed by atoms with E-state index in [4.69, 9.17) is 4.74 Å². The van der Waals surface area contributed by atoms with Gasteiger partial charge in [0.2, 0.25) is 0 Å². The molecule has 0 bridgehead atoms. The lowest BCUT2D eigenvalue weighted by Crippen LogP contribution is -2.47. The van der Waals surface area contributed by atoms with E-state index in [0.29, 0.717) is 25.3 Å². The van der Waals surface area contributed by atoms with Gasteiger partial charge in [0.1, 0.15) is 11.6 Å². The van der Waals surface area contributed by atoms with Gasteiger partial charge in [-0.05, 0) is 71.6 Å². The molecule has 0 radical (unpaired) electrons. The molecule has 2 aliphatic rings. The highest BCUT2D eigenvalue weighted by atomic mass is 19.1. The standard InChI is InChI=1S/C28H22F2N2O3/c1-2-28(14-35-15-28)26-25(16-3-8-21(27(33)34)23(30)10-16)22-9-17-12-31-13-18(17)11-24(22)32(26)20-6-4-19(29)5-7-20/h3-11,13H,2,12,14-15H2,1H3,(H,33,34). The first kappa shape index (κ1) is 21.7. The van der Waals surface area contributed by atoms with Gasteiger partial charge in [-0.15, -0.1) is 0 Å². The number of carboxylic acids is 1. The highest BCUT2D eigenvalue weighted by molar-refractivity contribution is 6.04. The van der Waals surface area contributed by atoms with Gasteiger partial charge in [-0.1, -0.05) is 13.0 Å². The molecule has 1 saturated heterocycles. The Kier molecular flexibility index (Phi) is 4.86. The molecule has 176 valence electrons. The normalized spacial score (nSPS) is 15.9. The number of ether oxygens (including phenoxy) is 1. The van der Waals surface area contributed by atoms with E-state index in [1.807, 2.05) is 6.21 Å². The largest absolute Gasteiger partial charge is 0.478 e. The minimum atomic E-state index is -1.31. The summed E-state index contributed by atoms with van der Waals surface area (Å²) < 4.78 is 36.6. The second-order valence-corrected chi connectivity index (χ2v) is 9.20. The molecule has 0 saturated carbocycles. The lowest BCUT2D eigenvalue weighted by molar-refractivity contribution is -0.0644. The molecule has 6 rings (SSSR count). The number of hydrogen-bond acceptors (Lipinski definition) is 3. The zero-order chi connectivity index (χ0) is 24.3. The van der Waals surface area contributed by atoms with Crippen molar-refractivity contribution in [2.24, 2.45) is 4.99 Å². The van der Waals surface area contributed by atoms with Crippen molar-refractivity contribution in [3.05, 3.63) is 88.6 Å². The van der Waals surface area contributed by atoms with Gasteiger partial charge >= 0.3 is 5.97 Å². The van der Waals surface area contributed by atoms with E-state index in [9.17, 15) is 18.7 Å². The maximum Gasteiger partial charge on any atom is 0.338 e. The Bertz CT molecular complexity index is 1530. The summed E-state index contributed by atoms with van der Waals surface area (Å²) in [6.45, 7) is 3.67.